The third-order valence-corrected chi connectivity index (χ3v) is 2.74. The highest BCUT2D eigenvalue weighted by Gasteiger charge is 1.96. The lowest BCUT2D eigenvalue weighted by Gasteiger charge is -2.11. The van der Waals surface area contributed by atoms with E-state index in [-0.39, 0.29) is 0 Å². The van der Waals surface area contributed by atoms with Crippen LogP contribution in [0.3, 0.4) is 0 Å². The molecule has 0 aliphatic carbocycles. The van der Waals surface area contributed by atoms with Gasteiger partial charge < -0.3 is 20.1 Å². The fourth-order valence-corrected chi connectivity index (χ4v) is 1.60. The molecule has 5 nitrogen and oxygen atoms in total. The van der Waals surface area contributed by atoms with Crippen molar-refractivity contribution in [3.63, 3.8) is 0 Å². The lowest BCUT2D eigenvalue weighted by Crippen LogP contribution is -2.38. The molecule has 0 fully saturated rings. The van der Waals surface area contributed by atoms with Gasteiger partial charge in [-0.15, -0.1) is 0 Å². The molecule has 5 heteroatoms. The second-order valence-corrected chi connectivity index (χ2v) is 4.45. The van der Waals surface area contributed by atoms with E-state index in [1.165, 1.54) is 25.7 Å². The van der Waals surface area contributed by atoms with Crippen LogP contribution in [0, 0.1) is 0 Å². The van der Waals surface area contributed by atoms with Crippen LogP contribution in [-0.4, -0.2) is 53.0 Å². The second-order valence-electron chi connectivity index (χ2n) is 4.45. The Morgan fingerprint density at radius 3 is 2.32 bits per heavy atom. The van der Waals surface area contributed by atoms with E-state index >= 15 is 0 Å². The molecule has 114 valence electrons. The van der Waals surface area contributed by atoms with E-state index in [9.17, 15) is 0 Å². The number of ether oxygens (including phenoxy) is 2. The number of hydrogen-bond donors (Lipinski definition) is 2. The van der Waals surface area contributed by atoms with Gasteiger partial charge >= 0.3 is 0 Å². The van der Waals surface area contributed by atoms with Crippen LogP contribution in [0.15, 0.2) is 4.99 Å². The Kier molecular flexibility index (Phi) is 14.6. The molecule has 0 unspecified atom stereocenters. The number of unbranched alkanes of at least 4 members (excludes halogenated alkanes) is 3. The molecule has 0 aliphatic rings. The number of guanidine groups is 1. The average Bonchev–Trinajstić information content (AvgIpc) is 2.44. The Balaban J connectivity index is 3.35. The summed E-state index contributed by atoms with van der Waals surface area (Å²) >= 11 is 0. The summed E-state index contributed by atoms with van der Waals surface area (Å²) in [5, 5.41) is 6.60. The Labute approximate surface area is 118 Å². The molecule has 0 saturated carbocycles. The van der Waals surface area contributed by atoms with Crippen molar-refractivity contribution in [3.8, 4) is 0 Å². The lowest BCUT2D eigenvalue weighted by molar-refractivity contribution is 0.0698. The van der Waals surface area contributed by atoms with Crippen molar-refractivity contribution in [2.24, 2.45) is 4.99 Å². The molecule has 0 aromatic heterocycles. The van der Waals surface area contributed by atoms with Crippen LogP contribution in [-0.2, 0) is 9.47 Å². The normalized spacial score (nSPS) is 11.6. The molecule has 0 radical (unpaired) electrons. The van der Waals surface area contributed by atoms with Gasteiger partial charge in [0, 0.05) is 33.9 Å². The third-order valence-electron chi connectivity index (χ3n) is 2.74. The smallest absolute Gasteiger partial charge is 0.190 e. The number of hydrogen-bond acceptors (Lipinski definition) is 3. The molecular formula is C14H31N3O2. The van der Waals surface area contributed by atoms with E-state index in [0.717, 1.165) is 32.1 Å². The fourth-order valence-electron chi connectivity index (χ4n) is 1.60. The molecule has 0 aromatic rings. The first kappa shape index (κ1) is 18.2. The van der Waals surface area contributed by atoms with Crippen molar-refractivity contribution >= 4 is 5.96 Å². The van der Waals surface area contributed by atoms with Gasteiger partial charge in [0.1, 0.15) is 0 Å². The summed E-state index contributed by atoms with van der Waals surface area (Å²) in [6.45, 7) is 6.17. The van der Waals surface area contributed by atoms with E-state index in [1.807, 2.05) is 0 Å². The summed E-state index contributed by atoms with van der Waals surface area (Å²) in [7, 11) is 3.48. The van der Waals surface area contributed by atoms with Crippen LogP contribution < -0.4 is 10.6 Å². The van der Waals surface area contributed by atoms with E-state index in [0.29, 0.717) is 13.2 Å². The predicted octanol–water partition coefficient (Wildman–Crippen LogP) is 1.78. The zero-order valence-electron chi connectivity index (χ0n) is 12.8. The van der Waals surface area contributed by atoms with Gasteiger partial charge in [0.15, 0.2) is 5.96 Å². The van der Waals surface area contributed by atoms with Crippen molar-refractivity contribution in [2.45, 2.75) is 39.0 Å². The van der Waals surface area contributed by atoms with Gasteiger partial charge in [-0.1, -0.05) is 26.2 Å². The van der Waals surface area contributed by atoms with Gasteiger partial charge in [-0.05, 0) is 12.8 Å². The standard InChI is InChI=1S/C14H31N3O2/c1-4-5-6-7-9-16-14(15-2)17-10-8-11-19-13-12-18-3/h4-13H2,1-3H3,(H2,15,16,17). The highest BCUT2D eigenvalue weighted by molar-refractivity contribution is 5.79. The Hall–Kier alpha value is -0.810. The van der Waals surface area contributed by atoms with E-state index in [4.69, 9.17) is 9.47 Å². The molecular weight excluding hydrogens is 242 g/mol. The minimum absolute atomic E-state index is 0.661. The average molecular weight is 273 g/mol. The molecule has 0 atom stereocenters. The summed E-state index contributed by atoms with van der Waals surface area (Å²) in [5.74, 6) is 0.883. The van der Waals surface area contributed by atoms with Crippen molar-refractivity contribution in [1.29, 1.82) is 0 Å². The van der Waals surface area contributed by atoms with Crippen LogP contribution in [0.5, 0.6) is 0 Å². The summed E-state index contributed by atoms with van der Waals surface area (Å²) in [6, 6.07) is 0. The zero-order chi connectivity index (χ0) is 14.2. The van der Waals surface area contributed by atoms with Crippen molar-refractivity contribution in [3.05, 3.63) is 0 Å². The zero-order valence-corrected chi connectivity index (χ0v) is 12.8. The van der Waals surface area contributed by atoms with Gasteiger partial charge in [0.25, 0.3) is 0 Å². The van der Waals surface area contributed by atoms with Crippen molar-refractivity contribution in [2.75, 3.05) is 47.1 Å². The number of nitrogens with zero attached hydrogens (tertiary/aromatic N) is 1. The lowest BCUT2D eigenvalue weighted by atomic mass is 10.2. The predicted molar refractivity (Wildman–Crippen MR) is 80.8 cm³/mol. The first-order valence-electron chi connectivity index (χ1n) is 7.36. The van der Waals surface area contributed by atoms with Gasteiger partial charge in [0.05, 0.1) is 13.2 Å². The topological polar surface area (TPSA) is 54.9 Å². The maximum atomic E-state index is 5.39. The highest BCUT2D eigenvalue weighted by atomic mass is 16.5. The van der Waals surface area contributed by atoms with E-state index in [2.05, 4.69) is 22.5 Å². The molecule has 0 bridgehead atoms. The van der Waals surface area contributed by atoms with Crippen molar-refractivity contribution in [1.82, 2.24) is 10.6 Å². The van der Waals surface area contributed by atoms with E-state index < -0.39 is 0 Å². The van der Waals surface area contributed by atoms with Crippen LogP contribution in [0.2, 0.25) is 0 Å². The molecule has 0 aromatic carbocycles. The third kappa shape index (κ3) is 13.4. The van der Waals surface area contributed by atoms with Crippen LogP contribution in [0.1, 0.15) is 39.0 Å². The minimum atomic E-state index is 0.661. The maximum absolute atomic E-state index is 5.39. The van der Waals surface area contributed by atoms with Crippen LogP contribution in [0.4, 0.5) is 0 Å². The number of methoxy groups -OCH3 is 1. The molecule has 0 saturated heterocycles. The molecule has 0 rings (SSSR count). The molecule has 0 heterocycles. The molecule has 19 heavy (non-hydrogen) atoms. The van der Waals surface area contributed by atoms with Gasteiger partial charge in [0.2, 0.25) is 0 Å². The van der Waals surface area contributed by atoms with Crippen LogP contribution >= 0.6 is 0 Å². The minimum Gasteiger partial charge on any atom is -0.382 e. The largest absolute Gasteiger partial charge is 0.382 e. The monoisotopic (exact) mass is 273 g/mol. The number of aliphatic imine (C=N–C) groups is 1. The Morgan fingerprint density at radius 2 is 1.68 bits per heavy atom. The SMILES string of the molecule is CCCCCCNC(=NC)NCCCOCCOC. The number of nitrogens with one attached hydrogen (secondary N) is 2. The highest BCUT2D eigenvalue weighted by Crippen LogP contribution is 1.96. The van der Waals surface area contributed by atoms with E-state index in [1.54, 1.807) is 14.2 Å². The second kappa shape index (κ2) is 15.2. The quantitative estimate of drug-likeness (QED) is 0.323. The summed E-state index contributed by atoms with van der Waals surface area (Å²) in [4.78, 5) is 4.19. The molecule has 2 N–H and O–H groups in total. The van der Waals surface area contributed by atoms with Crippen LogP contribution in [0.25, 0.3) is 0 Å². The number of rotatable bonds is 12. The van der Waals surface area contributed by atoms with Gasteiger partial charge in [-0.3, -0.25) is 4.99 Å². The summed E-state index contributed by atoms with van der Waals surface area (Å²) in [6.07, 6.45) is 6.05. The van der Waals surface area contributed by atoms with Crippen molar-refractivity contribution < 1.29 is 9.47 Å². The Bertz CT molecular complexity index is 211. The Morgan fingerprint density at radius 1 is 0.947 bits per heavy atom. The van der Waals surface area contributed by atoms with Gasteiger partial charge in [-0.25, -0.2) is 0 Å². The molecule has 0 aliphatic heterocycles. The van der Waals surface area contributed by atoms with Gasteiger partial charge in [-0.2, -0.15) is 0 Å². The summed E-state index contributed by atoms with van der Waals surface area (Å²) < 4.78 is 10.3. The summed E-state index contributed by atoms with van der Waals surface area (Å²) in [5.41, 5.74) is 0. The first-order valence-corrected chi connectivity index (χ1v) is 7.36. The first-order chi connectivity index (χ1) is 9.35. The molecule has 0 amide bonds. The molecule has 0 spiro atoms. The maximum Gasteiger partial charge on any atom is 0.190 e. The fraction of sp³-hybridized carbons (Fsp3) is 0.929.